The Balaban J connectivity index is 1.82. The van der Waals surface area contributed by atoms with Crippen LogP contribution in [0.1, 0.15) is 28.1 Å². The van der Waals surface area contributed by atoms with Crippen LogP contribution in [0.2, 0.25) is 0 Å². The molecule has 1 amide bonds. The van der Waals surface area contributed by atoms with E-state index in [2.05, 4.69) is 5.32 Å². The topological polar surface area (TPSA) is 110 Å². The third kappa shape index (κ3) is 6.16. The molecule has 0 radical (unpaired) electrons. The van der Waals surface area contributed by atoms with Crippen molar-refractivity contribution in [1.29, 1.82) is 0 Å². The van der Waals surface area contributed by atoms with E-state index >= 15 is 0 Å². The number of thiophene rings is 1. The second-order valence-corrected chi connectivity index (χ2v) is 8.89. The Kier molecular flexibility index (Phi) is 6.76. The number of carbonyl (C=O) groups excluding carboxylic acids is 1. The summed E-state index contributed by atoms with van der Waals surface area (Å²) in [6, 6.07) is 9.99. The Morgan fingerprint density at radius 2 is 1.85 bits per heavy atom. The van der Waals surface area contributed by atoms with E-state index in [0.717, 1.165) is 23.2 Å². The highest BCUT2D eigenvalue weighted by atomic mass is 32.2. The van der Waals surface area contributed by atoms with E-state index in [4.69, 9.17) is 9.84 Å². The SMILES string of the molecule is CS(=O)(=O)c1ccc(C(=O)NCc2ccc(OCCCC(=O)O)cc2)s1. The van der Waals surface area contributed by atoms with E-state index in [1.807, 2.05) is 0 Å². The molecule has 0 atom stereocenters. The van der Waals surface area contributed by atoms with Gasteiger partial charge in [0.1, 0.15) is 9.96 Å². The van der Waals surface area contributed by atoms with Crippen molar-refractivity contribution < 1.29 is 27.9 Å². The van der Waals surface area contributed by atoms with Gasteiger partial charge in [0.15, 0.2) is 9.84 Å². The number of sulfone groups is 1. The lowest BCUT2D eigenvalue weighted by Gasteiger charge is -2.07. The minimum atomic E-state index is -3.31. The molecular weight excluding hydrogens is 378 g/mol. The Morgan fingerprint density at radius 3 is 2.42 bits per heavy atom. The molecule has 9 heteroatoms. The van der Waals surface area contributed by atoms with Gasteiger partial charge in [-0.3, -0.25) is 9.59 Å². The monoisotopic (exact) mass is 397 g/mol. The van der Waals surface area contributed by atoms with Crippen LogP contribution in [0.5, 0.6) is 5.75 Å². The van der Waals surface area contributed by atoms with Gasteiger partial charge in [-0.25, -0.2) is 8.42 Å². The van der Waals surface area contributed by atoms with Crippen LogP contribution in [-0.4, -0.2) is 38.3 Å². The number of amides is 1. The van der Waals surface area contributed by atoms with Crippen LogP contribution in [-0.2, 0) is 21.2 Å². The molecule has 26 heavy (non-hydrogen) atoms. The van der Waals surface area contributed by atoms with Crippen molar-refractivity contribution in [3.8, 4) is 5.75 Å². The number of benzene rings is 1. The van der Waals surface area contributed by atoms with Gasteiger partial charge < -0.3 is 15.2 Å². The molecule has 2 N–H and O–H groups in total. The molecule has 0 fully saturated rings. The van der Waals surface area contributed by atoms with Gasteiger partial charge in [-0.1, -0.05) is 12.1 Å². The summed E-state index contributed by atoms with van der Waals surface area (Å²) in [5.41, 5.74) is 0.858. The number of aliphatic carboxylic acids is 1. The number of carboxylic acids is 1. The van der Waals surface area contributed by atoms with Crippen molar-refractivity contribution >= 4 is 33.1 Å². The fourth-order valence-electron chi connectivity index (χ4n) is 2.03. The van der Waals surface area contributed by atoms with Gasteiger partial charge in [-0.05, 0) is 36.2 Å². The third-order valence-corrected chi connectivity index (χ3v) is 6.25. The maximum Gasteiger partial charge on any atom is 0.303 e. The number of rotatable bonds is 9. The molecule has 1 aromatic heterocycles. The minimum Gasteiger partial charge on any atom is -0.494 e. The average molecular weight is 397 g/mol. The first-order chi connectivity index (χ1) is 12.3. The van der Waals surface area contributed by atoms with E-state index in [1.165, 1.54) is 12.1 Å². The molecule has 0 saturated carbocycles. The minimum absolute atomic E-state index is 0.0634. The van der Waals surface area contributed by atoms with Gasteiger partial charge in [-0.2, -0.15) is 0 Å². The highest BCUT2D eigenvalue weighted by Crippen LogP contribution is 2.21. The lowest BCUT2D eigenvalue weighted by molar-refractivity contribution is -0.137. The second kappa shape index (κ2) is 8.81. The van der Waals surface area contributed by atoms with Gasteiger partial charge in [0.05, 0.1) is 11.5 Å². The van der Waals surface area contributed by atoms with Crippen LogP contribution in [0.25, 0.3) is 0 Å². The maximum atomic E-state index is 12.1. The molecule has 7 nitrogen and oxygen atoms in total. The Morgan fingerprint density at radius 1 is 1.15 bits per heavy atom. The third-order valence-electron chi connectivity index (χ3n) is 3.35. The van der Waals surface area contributed by atoms with E-state index in [1.54, 1.807) is 24.3 Å². The summed E-state index contributed by atoms with van der Waals surface area (Å²) >= 11 is 0.937. The predicted octanol–water partition coefficient (Wildman–Crippen LogP) is 2.33. The molecule has 140 valence electrons. The highest BCUT2D eigenvalue weighted by molar-refractivity contribution is 7.92. The molecule has 1 heterocycles. The van der Waals surface area contributed by atoms with Crippen LogP contribution in [0.4, 0.5) is 0 Å². The van der Waals surface area contributed by atoms with Crippen LogP contribution in [0.3, 0.4) is 0 Å². The van der Waals surface area contributed by atoms with E-state index < -0.39 is 15.8 Å². The van der Waals surface area contributed by atoms with Gasteiger partial charge in [0.2, 0.25) is 0 Å². The van der Waals surface area contributed by atoms with E-state index in [-0.39, 0.29) is 16.5 Å². The summed E-state index contributed by atoms with van der Waals surface area (Å²) < 4.78 is 28.5. The standard InChI is InChI=1S/C17H19NO6S2/c1-26(22,23)16-9-8-14(25-16)17(21)18-11-12-4-6-13(7-5-12)24-10-2-3-15(19)20/h4-9H,2-3,10-11H2,1H3,(H,18,21)(H,19,20). The molecule has 0 bridgehead atoms. The summed E-state index contributed by atoms with van der Waals surface area (Å²) in [6.07, 6.45) is 1.60. The Labute approximate surface area is 155 Å². The summed E-state index contributed by atoms with van der Waals surface area (Å²) in [7, 11) is -3.31. The van der Waals surface area contributed by atoms with Crippen LogP contribution < -0.4 is 10.1 Å². The zero-order valence-corrected chi connectivity index (χ0v) is 15.7. The van der Waals surface area contributed by atoms with Crippen LogP contribution >= 0.6 is 11.3 Å². The molecular formula is C17H19NO6S2. The van der Waals surface area contributed by atoms with Crippen molar-refractivity contribution in [2.75, 3.05) is 12.9 Å². The quantitative estimate of drug-likeness (QED) is 0.629. The zero-order chi connectivity index (χ0) is 19.2. The number of hydrogen-bond donors (Lipinski definition) is 2. The summed E-state index contributed by atoms with van der Waals surface area (Å²) in [5, 5.41) is 11.3. The first-order valence-corrected chi connectivity index (χ1v) is 10.5. The normalized spacial score (nSPS) is 11.1. The smallest absolute Gasteiger partial charge is 0.303 e. The number of hydrogen-bond acceptors (Lipinski definition) is 6. The van der Waals surface area contributed by atoms with Crippen LogP contribution in [0.15, 0.2) is 40.6 Å². The molecule has 2 aromatic rings. The summed E-state index contributed by atoms with van der Waals surface area (Å²) in [6.45, 7) is 0.619. The van der Waals surface area contributed by atoms with Gasteiger partial charge in [0.25, 0.3) is 5.91 Å². The van der Waals surface area contributed by atoms with Crippen molar-refractivity contribution in [3.05, 3.63) is 46.8 Å². The maximum absolute atomic E-state index is 12.1. The number of nitrogens with one attached hydrogen (secondary N) is 1. The lowest BCUT2D eigenvalue weighted by Crippen LogP contribution is -2.21. The molecule has 0 saturated heterocycles. The molecule has 0 unspecified atom stereocenters. The van der Waals surface area contributed by atoms with Crippen molar-refractivity contribution in [2.45, 2.75) is 23.6 Å². The fourth-order valence-corrected chi connectivity index (χ4v) is 3.87. The molecule has 0 aliphatic heterocycles. The van der Waals surface area contributed by atoms with Crippen molar-refractivity contribution in [3.63, 3.8) is 0 Å². The number of ether oxygens (including phenoxy) is 1. The van der Waals surface area contributed by atoms with Gasteiger partial charge in [-0.15, -0.1) is 11.3 Å². The van der Waals surface area contributed by atoms with E-state index in [0.29, 0.717) is 30.2 Å². The largest absolute Gasteiger partial charge is 0.494 e. The molecule has 1 aromatic carbocycles. The van der Waals surface area contributed by atoms with Gasteiger partial charge in [0, 0.05) is 19.2 Å². The predicted molar refractivity (Wildman–Crippen MR) is 97.4 cm³/mol. The second-order valence-electron chi connectivity index (χ2n) is 5.56. The average Bonchev–Trinajstić information content (AvgIpc) is 3.08. The van der Waals surface area contributed by atoms with Gasteiger partial charge >= 0.3 is 5.97 Å². The zero-order valence-electron chi connectivity index (χ0n) is 14.1. The lowest BCUT2D eigenvalue weighted by atomic mass is 10.2. The summed E-state index contributed by atoms with van der Waals surface area (Å²) in [4.78, 5) is 22.8. The Hall–Kier alpha value is -2.39. The molecule has 2 rings (SSSR count). The highest BCUT2D eigenvalue weighted by Gasteiger charge is 2.14. The van der Waals surface area contributed by atoms with Crippen molar-refractivity contribution in [1.82, 2.24) is 5.32 Å². The van der Waals surface area contributed by atoms with Crippen molar-refractivity contribution in [2.24, 2.45) is 0 Å². The summed E-state index contributed by atoms with van der Waals surface area (Å²) in [5.74, 6) is -0.561. The number of carbonyl (C=O) groups is 2. The molecule has 0 aliphatic rings. The molecule has 0 aliphatic carbocycles. The Bertz CT molecular complexity index is 871. The fraction of sp³-hybridized carbons (Fsp3) is 0.294. The van der Waals surface area contributed by atoms with E-state index in [9.17, 15) is 18.0 Å². The first-order valence-electron chi connectivity index (χ1n) is 7.77. The van der Waals surface area contributed by atoms with Crippen LogP contribution in [0, 0.1) is 0 Å². The first kappa shape index (κ1) is 19.9. The number of carboxylic acid groups (broad SMARTS) is 1. The molecule has 0 spiro atoms.